The lowest BCUT2D eigenvalue weighted by molar-refractivity contribution is 0.159. The molecule has 0 bridgehead atoms. The molecule has 0 unspecified atom stereocenters. The van der Waals surface area contributed by atoms with E-state index < -0.39 is 0 Å². The van der Waals surface area contributed by atoms with E-state index in [-0.39, 0.29) is 23.8 Å². The number of anilines is 1. The number of methoxy groups -OCH3 is 1. The van der Waals surface area contributed by atoms with Gasteiger partial charge in [-0.1, -0.05) is 30.3 Å². The molecular formula is C29H34FN7O2. The average Bonchev–Trinajstić information content (AvgIpc) is 3.66. The van der Waals surface area contributed by atoms with Crippen LogP contribution in [0.1, 0.15) is 24.0 Å². The number of aryl methyl sites for hydroxylation is 1. The quantitative estimate of drug-likeness (QED) is 0.333. The molecular weight excluding hydrogens is 497 g/mol. The molecule has 2 aromatic heterocycles. The highest BCUT2D eigenvalue weighted by atomic mass is 19.1. The van der Waals surface area contributed by atoms with Gasteiger partial charge in [0.25, 0.3) is 0 Å². The van der Waals surface area contributed by atoms with Crippen molar-refractivity contribution in [2.45, 2.75) is 32.4 Å². The molecule has 0 radical (unpaired) electrons. The van der Waals surface area contributed by atoms with Gasteiger partial charge < -0.3 is 10.1 Å². The van der Waals surface area contributed by atoms with Crippen LogP contribution in [0.25, 0.3) is 16.9 Å². The minimum Gasteiger partial charge on any atom is -0.383 e. The average molecular weight is 532 g/mol. The van der Waals surface area contributed by atoms with Crippen LogP contribution in [0.3, 0.4) is 0 Å². The molecule has 0 aliphatic carbocycles. The Labute approximate surface area is 227 Å². The number of urea groups is 1. The standard InChI is InChI=1S/C29H34FN7O2/c1-4-36-17-22(16-31-36)27-20(2)28(37(34-27)24-11-6-5-7-12-24)33-29(38)32-26-19-35(13-14-39-3)18-25(26)21-9-8-10-23(30)15-21/h5-12,15-17,25-26H,4,13-14,18-19H2,1-3H3,(H2,32,33,38)/t25-,26+/m0/s1. The number of rotatable bonds is 9. The fourth-order valence-electron chi connectivity index (χ4n) is 5.15. The van der Waals surface area contributed by atoms with Gasteiger partial charge in [-0.25, -0.2) is 13.9 Å². The summed E-state index contributed by atoms with van der Waals surface area (Å²) in [5.74, 6) is 0.237. The fraction of sp³-hybridized carbons (Fsp3) is 0.345. The number of ether oxygens (including phenoxy) is 1. The van der Waals surface area contributed by atoms with Crippen molar-refractivity contribution in [3.05, 3.63) is 83.9 Å². The molecule has 2 N–H and O–H groups in total. The summed E-state index contributed by atoms with van der Waals surface area (Å²) in [4.78, 5) is 15.7. The normalized spacial score (nSPS) is 17.4. The third-order valence-corrected chi connectivity index (χ3v) is 7.19. The van der Waals surface area contributed by atoms with Gasteiger partial charge >= 0.3 is 6.03 Å². The molecule has 10 heteroatoms. The Morgan fingerprint density at radius 1 is 1.15 bits per heavy atom. The van der Waals surface area contributed by atoms with Crippen LogP contribution < -0.4 is 10.6 Å². The highest BCUT2D eigenvalue weighted by Crippen LogP contribution is 2.31. The molecule has 39 heavy (non-hydrogen) atoms. The number of para-hydroxylation sites is 1. The first-order chi connectivity index (χ1) is 19.0. The Hall–Kier alpha value is -4.02. The highest BCUT2D eigenvalue weighted by Gasteiger charge is 2.35. The van der Waals surface area contributed by atoms with E-state index in [2.05, 4.69) is 20.6 Å². The van der Waals surface area contributed by atoms with Gasteiger partial charge in [0.15, 0.2) is 0 Å². The molecule has 0 saturated carbocycles. The van der Waals surface area contributed by atoms with Crippen molar-refractivity contribution < 1.29 is 13.9 Å². The zero-order valence-corrected chi connectivity index (χ0v) is 22.5. The first kappa shape index (κ1) is 26.6. The number of carbonyl (C=O) groups excluding carboxylic acids is 1. The van der Waals surface area contributed by atoms with Crippen molar-refractivity contribution in [2.24, 2.45) is 0 Å². The van der Waals surface area contributed by atoms with Gasteiger partial charge in [0, 0.05) is 56.5 Å². The van der Waals surface area contributed by atoms with E-state index in [1.165, 1.54) is 6.07 Å². The number of nitrogens with zero attached hydrogens (tertiary/aromatic N) is 5. The Balaban J connectivity index is 1.42. The van der Waals surface area contributed by atoms with Crippen LogP contribution in [0.4, 0.5) is 15.0 Å². The van der Waals surface area contributed by atoms with Crippen LogP contribution in [-0.2, 0) is 11.3 Å². The van der Waals surface area contributed by atoms with E-state index in [1.807, 2.05) is 61.1 Å². The SMILES string of the molecule is CCn1cc(-c2nn(-c3ccccc3)c(NC(=O)N[C@@H]3CN(CCOC)C[C@H]3c3cccc(F)c3)c2C)cn1. The Morgan fingerprint density at radius 2 is 1.97 bits per heavy atom. The number of likely N-dealkylation sites (tertiary alicyclic amines) is 1. The van der Waals surface area contributed by atoms with Gasteiger partial charge in [0.05, 0.1) is 24.5 Å². The van der Waals surface area contributed by atoms with E-state index in [9.17, 15) is 9.18 Å². The van der Waals surface area contributed by atoms with E-state index in [0.29, 0.717) is 25.5 Å². The van der Waals surface area contributed by atoms with Crippen LogP contribution in [0.5, 0.6) is 0 Å². The predicted octanol–water partition coefficient (Wildman–Crippen LogP) is 4.44. The van der Waals surface area contributed by atoms with E-state index in [1.54, 1.807) is 30.1 Å². The van der Waals surface area contributed by atoms with Crippen LogP contribution in [0.15, 0.2) is 67.0 Å². The molecule has 0 spiro atoms. The first-order valence-corrected chi connectivity index (χ1v) is 13.2. The van der Waals surface area contributed by atoms with Crippen molar-refractivity contribution >= 4 is 11.8 Å². The summed E-state index contributed by atoms with van der Waals surface area (Å²) in [6.07, 6.45) is 3.74. The molecule has 2 amide bonds. The lowest BCUT2D eigenvalue weighted by Crippen LogP contribution is -2.42. The van der Waals surface area contributed by atoms with E-state index >= 15 is 0 Å². The first-order valence-electron chi connectivity index (χ1n) is 13.2. The third-order valence-electron chi connectivity index (χ3n) is 7.19. The third kappa shape index (κ3) is 5.86. The number of nitrogens with one attached hydrogen (secondary N) is 2. The summed E-state index contributed by atoms with van der Waals surface area (Å²) < 4.78 is 22.9. The van der Waals surface area contributed by atoms with Gasteiger partial charge in [0.2, 0.25) is 0 Å². The van der Waals surface area contributed by atoms with Crippen molar-refractivity contribution in [2.75, 3.05) is 38.7 Å². The smallest absolute Gasteiger partial charge is 0.320 e. The van der Waals surface area contributed by atoms with Gasteiger partial charge in [-0.15, -0.1) is 0 Å². The lowest BCUT2D eigenvalue weighted by atomic mass is 9.94. The van der Waals surface area contributed by atoms with Gasteiger partial charge in [0.1, 0.15) is 17.3 Å². The maximum atomic E-state index is 14.1. The van der Waals surface area contributed by atoms with Gasteiger partial charge in [-0.05, 0) is 43.7 Å². The zero-order chi connectivity index (χ0) is 27.4. The molecule has 4 aromatic rings. The molecule has 1 fully saturated rings. The van der Waals surface area contributed by atoms with Crippen molar-refractivity contribution in [1.82, 2.24) is 29.8 Å². The second-order valence-corrected chi connectivity index (χ2v) is 9.77. The largest absolute Gasteiger partial charge is 0.383 e. The number of amides is 2. The number of carbonyl (C=O) groups is 1. The Morgan fingerprint density at radius 3 is 2.69 bits per heavy atom. The summed E-state index contributed by atoms with van der Waals surface area (Å²) in [6.45, 7) is 7.37. The second-order valence-electron chi connectivity index (χ2n) is 9.77. The molecule has 5 rings (SSSR count). The molecule has 3 heterocycles. The molecule has 2 atom stereocenters. The van der Waals surface area contributed by atoms with Crippen LogP contribution >= 0.6 is 0 Å². The molecule has 1 saturated heterocycles. The summed E-state index contributed by atoms with van der Waals surface area (Å²) >= 11 is 0. The minimum atomic E-state index is -0.342. The molecule has 2 aromatic carbocycles. The van der Waals surface area contributed by atoms with Crippen LogP contribution in [0.2, 0.25) is 0 Å². The number of hydrogen-bond donors (Lipinski definition) is 2. The summed E-state index contributed by atoms with van der Waals surface area (Å²) in [5.41, 5.74) is 4.15. The summed E-state index contributed by atoms with van der Waals surface area (Å²) in [6, 6.07) is 15.8. The summed E-state index contributed by atoms with van der Waals surface area (Å²) in [5, 5.41) is 15.5. The molecule has 1 aliphatic rings. The topological polar surface area (TPSA) is 89.2 Å². The second kappa shape index (κ2) is 11.8. The van der Waals surface area contributed by atoms with E-state index in [4.69, 9.17) is 9.84 Å². The zero-order valence-electron chi connectivity index (χ0n) is 22.5. The monoisotopic (exact) mass is 531 g/mol. The van der Waals surface area contributed by atoms with Crippen molar-refractivity contribution in [3.8, 4) is 16.9 Å². The minimum absolute atomic E-state index is 0.0566. The highest BCUT2D eigenvalue weighted by molar-refractivity contribution is 5.91. The van der Waals surface area contributed by atoms with Crippen molar-refractivity contribution in [3.63, 3.8) is 0 Å². The molecule has 1 aliphatic heterocycles. The number of aromatic nitrogens is 4. The van der Waals surface area contributed by atoms with Crippen LogP contribution in [0, 0.1) is 12.7 Å². The maximum Gasteiger partial charge on any atom is 0.320 e. The van der Waals surface area contributed by atoms with Crippen molar-refractivity contribution in [1.29, 1.82) is 0 Å². The molecule has 9 nitrogen and oxygen atoms in total. The predicted molar refractivity (Wildman–Crippen MR) is 149 cm³/mol. The van der Waals surface area contributed by atoms with Crippen LogP contribution in [-0.4, -0.2) is 69.9 Å². The fourth-order valence-corrected chi connectivity index (χ4v) is 5.15. The maximum absolute atomic E-state index is 14.1. The Bertz CT molecular complexity index is 1420. The summed E-state index contributed by atoms with van der Waals surface area (Å²) in [7, 11) is 1.67. The lowest BCUT2D eigenvalue weighted by Gasteiger charge is -2.21. The number of halogens is 1. The number of hydrogen-bond acceptors (Lipinski definition) is 5. The molecule has 204 valence electrons. The van der Waals surface area contributed by atoms with E-state index in [0.717, 1.165) is 41.2 Å². The van der Waals surface area contributed by atoms with Gasteiger partial charge in [-0.3, -0.25) is 14.9 Å². The number of benzene rings is 2. The van der Waals surface area contributed by atoms with Gasteiger partial charge in [-0.2, -0.15) is 10.2 Å². The Kier molecular flexibility index (Phi) is 8.04.